The van der Waals surface area contributed by atoms with Crippen molar-refractivity contribution in [2.24, 2.45) is 0 Å². The van der Waals surface area contributed by atoms with Crippen LogP contribution in [0.4, 0.5) is 0 Å². The molecule has 0 unspecified atom stereocenters. The third-order valence-electron chi connectivity index (χ3n) is 12.0. The summed E-state index contributed by atoms with van der Waals surface area (Å²) in [5.41, 5.74) is 11.1. The van der Waals surface area contributed by atoms with Crippen LogP contribution >= 0.6 is 0 Å². The van der Waals surface area contributed by atoms with Crippen LogP contribution in [0.15, 0.2) is 218 Å². The van der Waals surface area contributed by atoms with Gasteiger partial charge in [-0.2, -0.15) is 0 Å². The number of aromatic nitrogens is 4. The number of rotatable bonds is 6. The maximum Gasteiger partial charge on any atom is 0.164 e. The molecule has 0 aliphatic carbocycles. The van der Waals surface area contributed by atoms with Gasteiger partial charge in [-0.25, -0.2) is 15.0 Å². The molecule has 2 heterocycles. The molecular weight excluding hydrogens is 741 g/mol. The van der Waals surface area contributed by atoms with Gasteiger partial charge in [0.25, 0.3) is 0 Å². The second-order valence-corrected chi connectivity index (χ2v) is 15.7. The summed E-state index contributed by atoms with van der Waals surface area (Å²) < 4.78 is 2.38. The van der Waals surface area contributed by atoms with Crippen LogP contribution in [0.2, 0.25) is 0 Å². The van der Waals surface area contributed by atoms with Crippen LogP contribution in [0.5, 0.6) is 0 Å². The first kappa shape index (κ1) is 34.8. The molecule has 4 heteroatoms. The molecule has 2 aromatic heterocycles. The average molecular weight is 777 g/mol. The Kier molecular flexibility index (Phi) is 8.13. The minimum absolute atomic E-state index is 0.638. The van der Waals surface area contributed by atoms with Crippen LogP contribution in [-0.4, -0.2) is 19.5 Å². The Labute approximate surface area is 352 Å². The molecule has 61 heavy (non-hydrogen) atoms. The zero-order valence-corrected chi connectivity index (χ0v) is 33.1. The minimum Gasteiger partial charge on any atom is -0.309 e. The van der Waals surface area contributed by atoms with E-state index >= 15 is 0 Å². The topological polar surface area (TPSA) is 43.6 Å². The number of para-hydroxylation sites is 1. The van der Waals surface area contributed by atoms with E-state index < -0.39 is 0 Å². The molecule has 284 valence electrons. The van der Waals surface area contributed by atoms with Crippen molar-refractivity contribution in [3.63, 3.8) is 0 Å². The first-order chi connectivity index (χ1) is 30.2. The first-order valence-corrected chi connectivity index (χ1v) is 20.7. The molecule has 0 N–H and O–H groups in total. The molecule has 0 aliphatic heterocycles. The Morgan fingerprint density at radius 2 is 0.705 bits per heavy atom. The Hall–Kier alpha value is -8.21. The van der Waals surface area contributed by atoms with Gasteiger partial charge in [-0.3, -0.25) is 0 Å². The molecule has 0 atom stereocenters. The fourth-order valence-electron chi connectivity index (χ4n) is 8.92. The molecule has 0 saturated heterocycles. The third-order valence-corrected chi connectivity index (χ3v) is 12.0. The average Bonchev–Trinajstić information content (AvgIpc) is 3.68. The second-order valence-electron chi connectivity index (χ2n) is 15.7. The second kappa shape index (κ2) is 14.3. The number of nitrogens with zero attached hydrogens (tertiary/aromatic N) is 4. The van der Waals surface area contributed by atoms with Gasteiger partial charge >= 0.3 is 0 Å². The van der Waals surface area contributed by atoms with Gasteiger partial charge in [0.15, 0.2) is 17.5 Å². The number of fused-ring (bicyclic) bond motifs is 7. The van der Waals surface area contributed by atoms with Crippen LogP contribution in [0.25, 0.3) is 116 Å². The zero-order valence-electron chi connectivity index (χ0n) is 33.1. The van der Waals surface area contributed by atoms with E-state index in [0.29, 0.717) is 17.5 Å². The molecule has 0 radical (unpaired) electrons. The molecule has 4 nitrogen and oxygen atoms in total. The summed E-state index contributed by atoms with van der Waals surface area (Å²) in [4.78, 5) is 14.8. The van der Waals surface area contributed by atoms with Gasteiger partial charge in [-0.05, 0) is 115 Å². The summed E-state index contributed by atoms with van der Waals surface area (Å²) >= 11 is 0. The standard InChI is InChI=1S/C57H36N4/c1-3-12-40(13-4-1)55-58-56(41-14-5-2-6-15-41)60-57(59-55)42-27-30-49(31-28-42)61-52-18-10-9-17-50(52)54-51-36-47(26-22-39(51)29-32-53(54)61)46-25-21-38-20-24-45(34-48(38)35-46)44-23-19-37-11-7-8-16-43(37)33-44/h1-36H. The number of hydrogen-bond acceptors (Lipinski definition) is 3. The molecule has 0 bridgehead atoms. The summed E-state index contributed by atoms with van der Waals surface area (Å²) in [6.45, 7) is 0. The fraction of sp³-hybridized carbons (Fsp3) is 0. The molecule has 0 amide bonds. The number of hydrogen-bond donors (Lipinski definition) is 0. The highest BCUT2D eigenvalue weighted by Crippen LogP contribution is 2.39. The fourth-order valence-corrected chi connectivity index (χ4v) is 8.92. The van der Waals surface area contributed by atoms with E-state index in [1.54, 1.807) is 0 Å². The van der Waals surface area contributed by atoms with Crippen molar-refractivity contribution in [2.75, 3.05) is 0 Å². The predicted molar refractivity (Wildman–Crippen MR) is 254 cm³/mol. The molecule has 0 fully saturated rings. The van der Waals surface area contributed by atoms with Gasteiger partial charge in [0.1, 0.15) is 0 Å². The van der Waals surface area contributed by atoms with Gasteiger partial charge in [0.05, 0.1) is 11.0 Å². The Balaban J connectivity index is 0.948. The molecule has 10 aromatic carbocycles. The molecule has 0 saturated carbocycles. The van der Waals surface area contributed by atoms with Gasteiger partial charge in [0, 0.05) is 33.2 Å². The molecule has 12 aromatic rings. The highest BCUT2D eigenvalue weighted by atomic mass is 15.0. The Morgan fingerprint density at radius 3 is 1.33 bits per heavy atom. The SMILES string of the molecule is c1ccc(-c2nc(-c3ccccc3)nc(-c3ccc(-n4c5ccccc5c5c6cc(-c7ccc8ccc(-c9ccc%10ccccc%10c9)cc8c7)ccc6ccc54)cc3)n2)cc1. The van der Waals surface area contributed by atoms with Crippen LogP contribution in [0.3, 0.4) is 0 Å². The molecule has 0 aliphatic rings. The van der Waals surface area contributed by atoms with Gasteiger partial charge in [0.2, 0.25) is 0 Å². The first-order valence-electron chi connectivity index (χ1n) is 20.7. The maximum atomic E-state index is 4.97. The summed E-state index contributed by atoms with van der Waals surface area (Å²) in [6, 6.07) is 77.9. The van der Waals surface area contributed by atoms with Crippen molar-refractivity contribution in [2.45, 2.75) is 0 Å². The van der Waals surface area contributed by atoms with Crippen LogP contribution < -0.4 is 0 Å². The molecule has 12 rings (SSSR count). The Morgan fingerprint density at radius 1 is 0.262 bits per heavy atom. The van der Waals surface area contributed by atoms with Crippen molar-refractivity contribution in [3.8, 4) is 62.1 Å². The largest absolute Gasteiger partial charge is 0.309 e. The lowest BCUT2D eigenvalue weighted by Crippen LogP contribution is -2.00. The van der Waals surface area contributed by atoms with E-state index in [4.69, 9.17) is 15.0 Å². The highest BCUT2D eigenvalue weighted by molar-refractivity contribution is 6.22. The van der Waals surface area contributed by atoms with Crippen LogP contribution in [0.1, 0.15) is 0 Å². The van der Waals surface area contributed by atoms with Crippen molar-refractivity contribution in [1.82, 2.24) is 19.5 Å². The summed E-state index contributed by atoms with van der Waals surface area (Å²) in [7, 11) is 0. The van der Waals surface area contributed by atoms with Gasteiger partial charge < -0.3 is 4.57 Å². The summed E-state index contributed by atoms with van der Waals surface area (Å²) in [6.07, 6.45) is 0. The monoisotopic (exact) mass is 776 g/mol. The van der Waals surface area contributed by atoms with Crippen molar-refractivity contribution >= 4 is 54.1 Å². The van der Waals surface area contributed by atoms with Gasteiger partial charge in [-0.1, -0.05) is 158 Å². The van der Waals surface area contributed by atoms with E-state index in [9.17, 15) is 0 Å². The minimum atomic E-state index is 0.638. The maximum absolute atomic E-state index is 4.97. The van der Waals surface area contributed by atoms with Crippen LogP contribution in [-0.2, 0) is 0 Å². The van der Waals surface area contributed by atoms with Crippen molar-refractivity contribution in [1.29, 1.82) is 0 Å². The summed E-state index contributed by atoms with van der Waals surface area (Å²) in [5, 5.41) is 9.89. The number of benzene rings is 10. The molecular formula is C57H36N4. The lowest BCUT2D eigenvalue weighted by Gasteiger charge is -2.11. The lowest BCUT2D eigenvalue weighted by molar-refractivity contribution is 1.07. The zero-order chi connectivity index (χ0) is 40.3. The third kappa shape index (κ3) is 6.12. The van der Waals surface area contributed by atoms with Crippen molar-refractivity contribution in [3.05, 3.63) is 218 Å². The summed E-state index contributed by atoms with van der Waals surface area (Å²) in [5.74, 6) is 1.94. The quantitative estimate of drug-likeness (QED) is 0.169. The van der Waals surface area contributed by atoms with E-state index in [0.717, 1.165) is 33.4 Å². The van der Waals surface area contributed by atoms with E-state index in [1.165, 1.54) is 65.3 Å². The highest BCUT2D eigenvalue weighted by Gasteiger charge is 2.17. The Bertz CT molecular complexity index is 3570. The molecule has 0 spiro atoms. The van der Waals surface area contributed by atoms with E-state index in [1.807, 2.05) is 60.7 Å². The van der Waals surface area contributed by atoms with Gasteiger partial charge in [-0.15, -0.1) is 0 Å². The van der Waals surface area contributed by atoms with E-state index in [-0.39, 0.29) is 0 Å². The lowest BCUT2D eigenvalue weighted by atomic mass is 9.95. The normalized spacial score (nSPS) is 11.6. The van der Waals surface area contributed by atoms with Crippen molar-refractivity contribution < 1.29 is 0 Å². The smallest absolute Gasteiger partial charge is 0.164 e. The van der Waals surface area contributed by atoms with E-state index in [2.05, 4.69) is 162 Å². The predicted octanol–water partition coefficient (Wildman–Crippen LogP) is 14.8. The van der Waals surface area contributed by atoms with Crippen LogP contribution in [0, 0.1) is 0 Å².